The second kappa shape index (κ2) is 14.6. The van der Waals surface area contributed by atoms with Gasteiger partial charge in [0.1, 0.15) is 48.0 Å². The summed E-state index contributed by atoms with van der Waals surface area (Å²) in [6.07, 6.45) is -0.188. The van der Waals surface area contributed by atoms with Gasteiger partial charge in [0.05, 0.1) is 31.0 Å². The molecule has 0 bridgehead atoms. The van der Waals surface area contributed by atoms with E-state index in [0.717, 1.165) is 5.56 Å². The van der Waals surface area contributed by atoms with E-state index in [1.165, 1.54) is 37.7 Å². The van der Waals surface area contributed by atoms with Gasteiger partial charge < -0.3 is 29.4 Å². The molecule has 270 valence electrons. The highest BCUT2D eigenvalue weighted by molar-refractivity contribution is 5.82. The number of methoxy groups -OCH3 is 1. The first-order valence-corrected chi connectivity index (χ1v) is 17.2. The minimum Gasteiger partial charge on any atom is -0.389 e. The van der Waals surface area contributed by atoms with Gasteiger partial charge in [-0.15, -0.1) is 5.10 Å². The standard InChI is InChI=1S/C37H37F2N7O6/c1-49-33-30(45-18-27(42-44-45)22-10-5-12-24(38)16-22)32-29(19-50-37(52-32)21-8-3-2-4-9-21)51-34(33)36(48)41-26-14-7-15-28(31(26)47)46-20-40-35(43-46)23-11-6-13-25(39)17-23/h2-6,8-13,16-18,20,26,28-34,37,47H,7,14-15,19H2,1H3,(H,41,48)/t26-,28+,29-,30+,31+,32+,33-,34-,37?/m1/s1. The fourth-order valence-corrected chi connectivity index (χ4v) is 7.42. The lowest BCUT2D eigenvalue weighted by Crippen LogP contribution is -2.64. The van der Waals surface area contributed by atoms with Crippen molar-refractivity contribution in [2.45, 2.75) is 74.2 Å². The molecule has 0 radical (unpaired) electrons. The molecule has 0 spiro atoms. The lowest BCUT2D eigenvalue weighted by molar-refractivity contribution is -0.314. The third-order valence-corrected chi connectivity index (χ3v) is 9.97. The summed E-state index contributed by atoms with van der Waals surface area (Å²) in [5.74, 6) is -0.974. The number of halogens is 2. The molecule has 13 nitrogen and oxygen atoms in total. The summed E-state index contributed by atoms with van der Waals surface area (Å²) in [5, 5.41) is 27.8. The van der Waals surface area contributed by atoms with Crippen molar-refractivity contribution in [3.8, 4) is 22.6 Å². The summed E-state index contributed by atoms with van der Waals surface area (Å²) < 4.78 is 56.1. The molecule has 4 heterocycles. The third-order valence-electron chi connectivity index (χ3n) is 9.97. The smallest absolute Gasteiger partial charge is 0.252 e. The molecule has 5 aromatic rings. The Labute approximate surface area is 297 Å². The van der Waals surface area contributed by atoms with Gasteiger partial charge in [-0.1, -0.05) is 59.8 Å². The van der Waals surface area contributed by atoms with Crippen LogP contribution in [0.1, 0.15) is 43.2 Å². The molecule has 3 fully saturated rings. The van der Waals surface area contributed by atoms with E-state index in [-0.39, 0.29) is 6.61 Å². The normalized spacial score (nSPS) is 29.0. The van der Waals surface area contributed by atoms with Crippen molar-refractivity contribution in [2.75, 3.05) is 13.7 Å². The SMILES string of the molecule is CO[C@@H]1[C@@H](n2cc(-c3cccc(F)c3)nn2)[C@H]2OC(c3ccccc3)OC[C@H]2O[C@H]1C(=O)N[C@@H]1CCC[C@H](n2cnc(-c3cccc(F)c3)n2)[C@H]1O. The van der Waals surface area contributed by atoms with Crippen LogP contribution in [-0.2, 0) is 23.7 Å². The molecule has 1 saturated carbocycles. The zero-order chi connectivity index (χ0) is 35.8. The van der Waals surface area contributed by atoms with Crippen LogP contribution in [-0.4, -0.2) is 91.1 Å². The number of carbonyl (C=O) groups is 1. The first kappa shape index (κ1) is 34.2. The summed E-state index contributed by atoms with van der Waals surface area (Å²) in [6, 6.07) is 19.7. The number of aliphatic hydroxyl groups is 1. The van der Waals surface area contributed by atoms with E-state index >= 15 is 0 Å². The van der Waals surface area contributed by atoms with E-state index in [0.29, 0.717) is 41.9 Å². The number of carbonyl (C=O) groups excluding carboxylic acids is 1. The van der Waals surface area contributed by atoms with Crippen LogP contribution < -0.4 is 5.32 Å². The largest absolute Gasteiger partial charge is 0.389 e. The van der Waals surface area contributed by atoms with E-state index in [1.54, 1.807) is 39.8 Å². The monoisotopic (exact) mass is 713 g/mol. The van der Waals surface area contributed by atoms with Crippen LogP contribution >= 0.6 is 0 Å². The Morgan fingerprint density at radius 2 is 1.73 bits per heavy atom. The number of hydrogen-bond acceptors (Lipinski definition) is 10. The first-order valence-electron chi connectivity index (χ1n) is 17.2. The van der Waals surface area contributed by atoms with Crippen LogP contribution in [0, 0.1) is 11.6 Å². The number of nitrogens with zero attached hydrogens (tertiary/aromatic N) is 6. The molecule has 9 atom stereocenters. The molecule has 52 heavy (non-hydrogen) atoms. The Morgan fingerprint density at radius 1 is 0.962 bits per heavy atom. The second-order valence-electron chi connectivity index (χ2n) is 13.2. The van der Waals surface area contributed by atoms with Crippen LogP contribution in [0.4, 0.5) is 8.78 Å². The number of hydrogen-bond donors (Lipinski definition) is 2. The number of amides is 1. The van der Waals surface area contributed by atoms with Crippen LogP contribution in [0.5, 0.6) is 0 Å². The molecular weight excluding hydrogens is 676 g/mol. The van der Waals surface area contributed by atoms with Gasteiger partial charge in [0.25, 0.3) is 5.91 Å². The van der Waals surface area contributed by atoms with Crippen LogP contribution in [0.2, 0.25) is 0 Å². The molecule has 3 aromatic carbocycles. The summed E-state index contributed by atoms with van der Waals surface area (Å²) in [7, 11) is 1.48. The molecule has 2 aliphatic heterocycles. The zero-order valence-corrected chi connectivity index (χ0v) is 28.1. The van der Waals surface area contributed by atoms with Gasteiger partial charge in [0, 0.05) is 23.8 Å². The Hall–Kier alpha value is -4.93. The van der Waals surface area contributed by atoms with E-state index < -0.39 is 72.5 Å². The molecular formula is C37H37F2N7O6. The number of aromatic nitrogens is 6. The van der Waals surface area contributed by atoms with Gasteiger partial charge in [-0.2, -0.15) is 5.10 Å². The maximum absolute atomic E-state index is 14.2. The van der Waals surface area contributed by atoms with Crippen molar-refractivity contribution >= 4 is 5.91 Å². The molecule has 1 aliphatic carbocycles. The van der Waals surface area contributed by atoms with Crippen molar-refractivity contribution in [2.24, 2.45) is 0 Å². The lowest BCUT2D eigenvalue weighted by Gasteiger charge is -2.48. The van der Waals surface area contributed by atoms with Gasteiger partial charge in [-0.3, -0.25) is 4.79 Å². The Kier molecular flexibility index (Phi) is 9.59. The molecule has 1 amide bonds. The Morgan fingerprint density at radius 3 is 2.50 bits per heavy atom. The molecule has 2 saturated heterocycles. The second-order valence-corrected chi connectivity index (χ2v) is 13.2. The maximum atomic E-state index is 14.2. The van der Waals surface area contributed by atoms with Gasteiger partial charge in [0.2, 0.25) is 0 Å². The summed E-state index contributed by atoms with van der Waals surface area (Å²) >= 11 is 0. The van der Waals surface area contributed by atoms with Crippen molar-refractivity contribution < 1.29 is 37.6 Å². The van der Waals surface area contributed by atoms with E-state index in [2.05, 4.69) is 25.7 Å². The topological polar surface area (TPSA) is 148 Å². The molecule has 8 rings (SSSR count). The predicted molar refractivity (Wildman–Crippen MR) is 180 cm³/mol. The number of benzene rings is 3. The lowest BCUT2D eigenvalue weighted by atomic mass is 9.87. The minimum absolute atomic E-state index is 0.112. The number of fused-ring (bicyclic) bond motifs is 1. The number of rotatable bonds is 8. The highest BCUT2D eigenvalue weighted by atomic mass is 19.1. The highest BCUT2D eigenvalue weighted by Crippen LogP contribution is 2.41. The van der Waals surface area contributed by atoms with Crippen molar-refractivity contribution in [1.82, 2.24) is 35.1 Å². The predicted octanol–water partition coefficient (Wildman–Crippen LogP) is 4.19. The Balaban J connectivity index is 1.05. The van der Waals surface area contributed by atoms with Gasteiger partial charge in [0.15, 0.2) is 18.2 Å². The molecule has 15 heteroatoms. The Bertz CT molecular complexity index is 2010. The average Bonchev–Trinajstić information content (AvgIpc) is 3.86. The number of aliphatic hydroxyl groups excluding tert-OH is 1. The fraction of sp³-hybridized carbons (Fsp3) is 0.378. The van der Waals surface area contributed by atoms with E-state index in [1.807, 2.05) is 30.3 Å². The van der Waals surface area contributed by atoms with Crippen molar-refractivity contribution in [3.05, 3.63) is 109 Å². The van der Waals surface area contributed by atoms with Crippen molar-refractivity contribution in [3.63, 3.8) is 0 Å². The molecule has 2 aromatic heterocycles. The minimum atomic E-state index is -1.16. The zero-order valence-electron chi connectivity index (χ0n) is 28.1. The summed E-state index contributed by atoms with van der Waals surface area (Å²) in [5.41, 5.74) is 2.28. The summed E-state index contributed by atoms with van der Waals surface area (Å²) in [6.45, 7) is 0.112. The summed E-state index contributed by atoms with van der Waals surface area (Å²) in [4.78, 5) is 18.5. The van der Waals surface area contributed by atoms with E-state index in [9.17, 15) is 18.7 Å². The van der Waals surface area contributed by atoms with E-state index in [4.69, 9.17) is 18.9 Å². The van der Waals surface area contributed by atoms with Gasteiger partial charge >= 0.3 is 0 Å². The first-order chi connectivity index (χ1) is 25.4. The number of ether oxygens (including phenoxy) is 4. The maximum Gasteiger partial charge on any atom is 0.252 e. The van der Waals surface area contributed by atoms with Crippen LogP contribution in [0.15, 0.2) is 91.4 Å². The third kappa shape index (κ3) is 6.73. The molecule has 1 unspecified atom stereocenters. The van der Waals surface area contributed by atoms with Crippen molar-refractivity contribution in [1.29, 1.82) is 0 Å². The molecule has 3 aliphatic rings. The average molecular weight is 714 g/mol. The number of nitrogens with one attached hydrogen (secondary N) is 1. The van der Waals surface area contributed by atoms with Gasteiger partial charge in [-0.25, -0.2) is 23.1 Å². The highest BCUT2D eigenvalue weighted by Gasteiger charge is 2.54. The quantitative estimate of drug-likeness (QED) is 0.240. The van der Waals surface area contributed by atoms with Crippen LogP contribution in [0.3, 0.4) is 0 Å². The fourth-order valence-electron chi connectivity index (χ4n) is 7.42. The van der Waals surface area contributed by atoms with Crippen LogP contribution in [0.25, 0.3) is 22.6 Å². The van der Waals surface area contributed by atoms with Gasteiger partial charge in [-0.05, 0) is 43.5 Å². The molecule has 2 N–H and O–H groups in total.